The van der Waals surface area contributed by atoms with E-state index in [1.165, 1.54) is 17.1 Å². The van der Waals surface area contributed by atoms with Crippen LogP contribution in [0.25, 0.3) is 0 Å². The molecule has 1 saturated carbocycles. The topological polar surface area (TPSA) is 90.9 Å². The van der Waals surface area contributed by atoms with Crippen LogP contribution in [0, 0.1) is 5.82 Å². The highest BCUT2D eigenvalue weighted by molar-refractivity contribution is 6.40. The first-order chi connectivity index (χ1) is 14.9. The maximum Gasteiger partial charge on any atom is 0.268 e. The molecule has 0 bridgehead atoms. The molecule has 3 rings (SSSR count). The Hall–Kier alpha value is -2.77. The predicted molar refractivity (Wildman–Crippen MR) is 115 cm³/mol. The van der Waals surface area contributed by atoms with Crippen molar-refractivity contribution >= 4 is 23.4 Å². The summed E-state index contributed by atoms with van der Waals surface area (Å²) in [6.07, 6.45) is 6.27. The van der Waals surface area contributed by atoms with Gasteiger partial charge >= 0.3 is 0 Å². The normalized spacial score (nSPS) is 18.3. The second kappa shape index (κ2) is 10.5. The van der Waals surface area contributed by atoms with Gasteiger partial charge in [0.1, 0.15) is 17.1 Å². The number of nitrogens with one attached hydrogen (secondary N) is 2. The van der Waals surface area contributed by atoms with E-state index in [9.17, 15) is 18.8 Å². The first-order valence-corrected chi connectivity index (χ1v) is 11.2. The van der Waals surface area contributed by atoms with Crippen LogP contribution in [-0.4, -0.2) is 40.5 Å². The number of halogens is 1. The number of unbranched alkanes of at least 4 members (excludes halogenated alkanes) is 1. The Morgan fingerprint density at radius 3 is 2.52 bits per heavy atom. The van der Waals surface area contributed by atoms with Crippen molar-refractivity contribution in [3.05, 3.63) is 35.6 Å². The molecule has 1 aromatic carbocycles. The summed E-state index contributed by atoms with van der Waals surface area (Å²) in [6.45, 7) is 2.82. The molecule has 0 radical (unpaired) electrons. The van der Waals surface area contributed by atoms with Gasteiger partial charge in [0, 0.05) is 19.4 Å². The monoisotopic (exact) mass is 430 g/mol. The lowest BCUT2D eigenvalue weighted by Crippen LogP contribution is -2.61. The van der Waals surface area contributed by atoms with Gasteiger partial charge < -0.3 is 10.6 Å². The Bertz CT molecular complexity index is 832. The predicted octanol–water partition coefficient (Wildman–Crippen LogP) is 3.04. The van der Waals surface area contributed by atoms with Crippen LogP contribution >= 0.6 is 0 Å². The van der Waals surface area contributed by atoms with Gasteiger partial charge in [-0.1, -0.05) is 44.7 Å². The van der Waals surface area contributed by atoms with Crippen LogP contribution in [0.1, 0.15) is 70.3 Å². The van der Waals surface area contributed by atoms with E-state index >= 15 is 0 Å². The van der Waals surface area contributed by atoms with Crippen LogP contribution in [0.4, 0.5) is 4.39 Å². The number of hydrazone groups is 1. The molecule has 31 heavy (non-hydrogen) atoms. The molecule has 0 saturated heterocycles. The van der Waals surface area contributed by atoms with Crippen molar-refractivity contribution < 1.29 is 18.8 Å². The van der Waals surface area contributed by atoms with Gasteiger partial charge in [-0.3, -0.25) is 14.4 Å². The lowest BCUT2D eigenvalue weighted by molar-refractivity contribution is -0.134. The van der Waals surface area contributed by atoms with Gasteiger partial charge in [0.25, 0.3) is 5.91 Å². The standard InChI is InChI=1S/C23H31FN4O3/c1-2-3-15-25-22(31)23(13-5-4-6-14-23)26-21(30)19-11-12-20(29)28(27-19)16-17-7-9-18(24)10-8-17/h7-10H,2-6,11-16H2,1H3,(H,25,31)(H,26,30). The molecule has 0 unspecified atom stereocenters. The minimum Gasteiger partial charge on any atom is -0.354 e. The smallest absolute Gasteiger partial charge is 0.268 e. The molecule has 0 atom stereocenters. The summed E-state index contributed by atoms with van der Waals surface area (Å²) in [7, 11) is 0. The fourth-order valence-corrected chi connectivity index (χ4v) is 4.05. The van der Waals surface area contributed by atoms with Crippen molar-refractivity contribution in [3.63, 3.8) is 0 Å². The summed E-state index contributed by atoms with van der Waals surface area (Å²) in [5.41, 5.74) is 0.0432. The molecule has 0 spiro atoms. The second-order valence-electron chi connectivity index (χ2n) is 8.33. The van der Waals surface area contributed by atoms with E-state index in [2.05, 4.69) is 22.7 Å². The fraction of sp³-hybridized carbons (Fsp3) is 0.565. The molecule has 1 aromatic rings. The molecule has 168 valence electrons. The Morgan fingerprint density at radius 1 is 1.13 bits per heavy atom. The van der Waals surface area contributed by atoms with Crippen LogP contribution in [0.15, 0.2) is 29.4 Å². The molecule has 8 heteroatoms. The first-order valence-electron chi connectivity index (χ1n) is 11.2. The van der Waals surface area contributed by atoms with Crippen molar-refractivity contribution in [1.82, 2.24) is 15.6 Å². The van der Waals surface area contributed by atoms with Gasteiger partial charge in [-0.05, 0) is 37.0 Å². The number of hydrogen-bond donors (Lipinski definition) is 2. The van der Waals surface area contributed by atoms with Crippen LogP contribution in [0.5, 0.6) is 0 Å². The zero-order chi connectivity index (χ0) is 22.3. The number of rotatable bonds is 8. The van der Waals surface area contributed by atoms with Crippen molar-refractivity contribution in [2.45, 2.75) is 76.8 Å². The Kier molecular flexibility index (Phi) is 7.76. The maximum atomic E-state index is 13.1. The quantitative estimate of drug-likeness (QED) is 0.621. The van der Waals surface area contributed by atoms with E-state index in [4.69, 9.17) is 0 Å². The number of nitrogens with zero attached hydrogens (tertiary/aromatic N) is 2. The summed E-state index contributed by atoms with van der Waals surface area (Å²) < 4.78 is 13.1. The van der Waals surface area contributed by atoms with Gasteiger partial charge in [-0.25, -0.2) is 9.40 Å². The highest BCUT2D eigenvalue weighted by Gasteiger charge is 2.41. The number of carbonyl (C=O) groups is 3. The molecule has 1 aliphatic carbocycles. The van der Waals surface area contributed by atoms with Crippen LogP contribution < -0.4 is 10.6 Å². The SMILES string of the molecule is CCCCNC(=O)C1(NC(=O)C2=NN(Cc3ccc(F)cc3)C(=O)CC2)CCCCC1. The Labute approximate surface area is 182 Å². The number of benzene rings is 1. The third kappa shape index (κ3) is 5.89. The van der Waals surface area contributed by atoms with E-state index < -0.39 is 11.4 Å². The van der Waals surface area contributed by atoms with E-state index in [-0.39, 0.29) is 42.7 Å². The van der Waals surface area contributed by atoms with Gasteiger partial charge in [0.05, 0.1) is 6.54 Å². The third-order valence-electron chi connectivity index (χ3n) is 5.92. The minimum absolute atomic E-state index is 0.135. The molecule has 3 amide bonds. The van der Waals surface area contributed by atoms with Crippen LogP contribution in [0.3, 0.4) is 0 Å². The molecular formula is C23H31FN4O3. The Morgan fingerprint density at radius 2 is 1.84 bits per heavy atom. The summed E-state index contributed by atoms with van der Waals surface area (Å²) in [5, 5.41) is 11.5. The van der Waals surface area contributed by atoms with E-state index in [1.807, 2.05) is 0 Å². The molecule has 2 aliphatic rings. The summed E-state index contributed by atoms with van der Waals surface area (Å²) in [4.78, 5) is 38.3. The minimum atomic E-state index is -0.922. The zero-order valence-corrected chi connectivity index (χ0v) is 18.1. The molecule has 1 fully saturated rings. The van der Waals surface area contributed by atoms with Gasteiger partial charge in [-0.15, -0.1) is 0 Å². The van der Waals surface area contributed by atoms with E-state index in [1.54, 1.807) is 12.1 Å². The van der Waals surface area contributed by atoms with Crippen molar-refractivity contribution in [2.75, 3.05) is 6.54 Å². The van der Waals surface area contributed by atoms with E-state index in [0.29, 0.717) is 19.4 Å². The second-order valence-corrected chi connectivity index (χ2v) is 8.33. The number of hydrogen-bond acceptors (Lipinski definition) is 4. The average molecular weight is 431 g/mol. The van der Waals surface area contributed by atoms with E-state index in [0.717, 1.165) is 37.7 Å². The Balaban J connectivity index is 1.72. The van der Waals surface area contributed by atoms with Gasteiger partial charge in [0.15, 0.2) is 0 Å². The lowest BCUT2D eigenvalue weighted by Gasteiger charge is -2.37. The summed E-state index contributed by atoms with van der Waals surface area (Å²) in [5.74, 6) is -1.08. The highest BCUT2D eigenvalue weighted by atomic mass is 19.1. The van der Waals surface area contributed by atoms with Crippen LogP contribution in [-0.2, 0) is 20.9 Å². The fourth-order valence-electron chi connectivity index (χ4n) is 4.05. The van der Waals surface area contributed by atoms with Crippen molar-refractivity contribution in [3.8, 4) is 0 Å². The zero-order valence-electron chi connectivity index (χ0n) is 18.1. The molecular weight excluding hydrogens is 399 g/mol. The first kappa shape index (κ1) is 22.9. The summed E-state index contributed by atoms with van der Waals surface area (Å²) >= 11 is 0. The molecule has 7 nitrogen and oxygen atoms in total. The molecule has 1 heterocycles. The summed E-state index contributed by atoms with van der Waals surface area (Å²) in [6, 6.07) is 5.82. The number of amides is 3. The van der Waals surface area contributed by atoms with Gasteiger partial charge in [-0.2, -0.15) is 5.10 Å². The van der Waals surface area contributed by atoms with Gasteiger partial charge in [0.2, 0.25) is 11.8 Å². The third-order valence-corrected chi connectivity index (χ3v) is 5.92. The number of carbonyl (C=O) groups excluding carboxylic acids is 3. The largest absolute Gasteiger partial charge is 0.354 e. The maximum absolute atomic E-state index is 13.1. The van der Waals surface area contributed by atoms with Crippen molar-refractivity contribution in [1.29, 1.82) is 0 Å². The highest BCUT2D eigenvalue weighted by Crippen LogP contribution is 2.29. The molecule has 2 N–H and O–H groups in total. The molecule has 1 aliphatic heterocycles. The molecule has 0 aromatic heterocycles. The van der Waals surface area contributed by atoms with Crippen molar-refractivity contribution in [2.24, 2.45) is 5.10 Å². The lowest BCUT2D eigenvalue weighted by atomic mass is 9.80. The van der Waals surface area contributed by atoms with Crippen LogP contribution in [0.2, 0.25) is 0 Å². The average Bonchev–Trinajstić information content (AvgIpc) is 2.77.